The lowest BCUT2D eigenvalue weighted by Gasteiger charge is -2.20. The minimum atomic E-state index is -4.75. The number of aliphatic hydroxyl groups is 1. The van der Waals surface area contributed by atoms with E-state index in [2.05, 4.69) is 36.6 Å². The first-order valence-electron chi connectivity index (χ1n) is 25.1. The number of ether oxygens (including phenoxy) is 2. The summed E-state index contributed by atoms with van der Waals surface area (Å²) in [5.41, 5.74) is 5.34. The fourth-order valence-corrected chi connectivity index (χ4v) is 7.43. The highest BCUT2D eigenvalue weighted by Gasteiger charge is 2.28. The van der Waals surface area contributed by atoms with Crippen molar-refractivity contribution in [3.05, 3.63) is 72.9 Å². The van der Waals surface area contributed by atoms with Gasteiger partial charge in [-0.1, -0.05) is 215 Å². The number of carboxylic acids is 1. The fourth-order valence-electron chi connectivity index (χ4n) is 6.65. The Balaban J connectivity index is 4.39. The molecule has 0 radical (unpaired) electrons. The molecule has 0 saturated carbocycles. The molecular formula is C52H90NO11P. The average Bonchev–Trinajstić information content (AvgIpc) is 3.28. The Labute approximate surface area is 393 Å². The van der Waals surface area contributed by atoms with E-state index in [-0.39, 0.29) is 12.8 Å². The van der Waals surface area contributed by atoms with Gasteiger partial charge in [0, 0.05) is 12.8 Å². The van der Waals surface area contributed by atoms with Crippen molar-refractivity contribution < 1.29 is 52.6 Å². The van der Waals surface area contributed by atoms with Gasteiger partial charge in [0.05, 0.1) is 19.3 Å². The molecule has 0 rings (SSSR count). The average molecular weight is 936 g/mol. The van der Waals surface area contributed by atoms with Crippen LogP contribution in [0.2, 0.25) is 0 Å². The lowest BCUT2D eigenvalue weighted by Crippen LogP contribution is -2.34. The minimum absolute atomic E-state index is 0.0795. The van der Waals surface area contributed by atoms with Crippen LogP contribution in [0.3, 0.4) is 0 Å². The van der Waals surface area contributed by atoms with E-state index < -0.39 is 63.8 Å². The van der Waals surface area contributed by atoms with Crippen LogP contribution >= 0.6 is 7.82 Å². The van der Waals surface area contributed by atoms with E-state index in [4.69, 9.17) is 24.8 Å². The number of phosphoric acid groups is 1. The summed E-state index contributed by atoms with van der Waals surface area (Å²) in [6.07, 6.45) is 53.1. The molecule has 0 amide bonds. The van der Waals surface area contributed by atoms with E-state index >= 15 is 0 Å². The quantitative estimate of drug-likeness (QED) is 0.0149. The number of aliphatic hydroxyl groups excluding tert-OH is 1. The maximum Gasteiger partial charge on any atom is 0.472 e. The molecule has 65 heavy (non-hydrogen) atoms. The molecule has 0 aromatic heterocycles. The first kappa shape index (κ1) is 61.9. The van der Waals surface area contributed by atoms with Gasteiger partial charge in [0.25, 0.3) is 0 Å². The first-order valence-corrected chi connectivity index (χ1v) is 26.6. The molecule has 12 nitrogen and oxygen atoms in total. The van der Waals surface area contributed by atoms with Gasteiger partial charge >= 0.3 is 25.7 Å². The minimum Gasteiger partial charge on any atom is -0.480 e. The Morgan fingerprint density at radius 1 is 0.569 bits per heavy atom. The number of rotatable bonds is 46. The van der Waals surface area contributed by atoms with Gasteiger partial charge in [-0.3, -0.25) is 23.4 Å². The largest absolute Gasteiger partial charge is 0.480 e. The van der Waals surface area contributed by atoms with Crippen molar-refractivity contribution >= 4 is 25.7 Å². The summed E-state index contributed by atoms with van der Waals surface area (Å²) in [6, 6.07) is -1.54. The second kappa shape index (κ2) is 46.0. The highest BCUT2D eigenvalue weighted by atomic mass is 31.2. The van der Waals surface area contributed by atoms with Gasteiger partial charge in [-0.15, -0.1) is 0 Å². The predicted molar refractivity (Wildman–Crippen MR) is 264 cm³/mol. The van der Waals surface area contributed by atoms with Crippen LogP contribution in [0.5, 0.6) is 0 Å². The summed E-state index contributed by atoms with van der Waals surface area (Å²) in [6.45, 7) is 2.54. The van der Waals surface area contributed by atoms with E-state index in [1.807, 2.05) is 48.6 Å². The van der Waals surface area contributed by atoms with E-state index in [0.717, 1.165) is 38.5 Å². The Kier molecular flexibility index (Phi) is 43.8. The number of hydrogen-bond donors (Lipinski definition) is 4. The Morgan fingerprint density at radius 3 is 1.55 bits per heavy atom. The summed E-state index contributed by atoms with van der Waals surface area (Å²) in [5, 5.41) is 18.8. The van der Waals surface area contributed by atoms with E-state index in [1.54, 1.807) is 6.08 Å². The van der Waals surface area contributed by atoms with Gasteiger partial charge in [0.15, 0.2) is 6.10 Å². The van der Waals surface area contributed by atoms with Crippen LogP contribution in [0.1, 0.15) is 200 Å². The molecule has 2 unspecified atom stereocenters. The number of allylic oxidation sites excluding steroid dienone is 10. The molecular weight excluding hydrogens is 846 g/mol. The van der Waals surface area contributed by atoms with Gasteiger partial charge in [-0.25, -0.2) is 4.57 Å². The zero-order chi connectivity index (χ0) is 47.9. The Hall–Kier alpha value is -3.12. The number of carbonyl (C=O) groups is 3. The summed E-state index contributed by atoms with van der Waals surface area (Å²) < 4.78 is 32.7. The first-order chi connectivity index (χ1) is 31.5. The second-order valence-electron chi connectivity index (χ2n) is 16.8. The molecule has 13 heteroatoms. The number of carbonyl (C=O) groups excluding carboxylic acids is 2. The standard InChI is InChI=1S/C52H90NO11P/c1-3-5-7-8-9-10-11-12-13-14-15-16-17-18-19-22-26-29-32-35-39-43-51(56)64-48(45-62-65(59,60)63-46-49(53)52(57)58)44-61-50(55)42-38-34-31-28-25-23-20-21-24-27-30-33-37-41-47(54)40-36-6-4-2/h6,21,23-25,30-31,33-34,36-37,41,47-49,54H,3-5,7-20,22,26-29,32,35,38-40,42-46,53H2,1-2H3,(H,57,58)(H,59,60)/b24-21-,25-23-,33-30+,34-31-,36-6-,41-37+/t47?,48-,49+/m1/s1. The number of carboxylic acid groups (broad SMARTS) is 1. The van der Waals surface area contributed by atoms with Crippen molar-refractivity contribution in [1.29, 1.82) is 0 Å². The van der Waals surface area contributed by atoms with E-state index in [1.165, 1.54) is 109 Å². The molecule has 0 aliphatic carbocycles. The Morgan fingerprint density at radius 2 is 1.05 bits per heavy atom. The normalized spacial score (nSPS) is 14.7. The highest BCUT2D eigenvalue weighted by Crippen LogP contribution is 2.43. The second-order valence-corrected chi connectivity index (χ2v) is 18.2. The summed E-state index contributed by atoms with van der Waals surface area (Å²) in [4.78, 5) is 46.1. The van der Waals surface area contributed by atoms with Crippen molar-refractivity contribution in [3.63, 3.8) is 0 Å². The lowest BCUT2D eigenvalue weighted by atomic mass is 10.0. The van der Waals surface area contributed by atoms with Gasteiger partial charge in [0.1, 0.15) is 12.6 Å². The molecule has 0 aromatic carbocycles. The van der Waals surface area contributed by atoms with Crippen LogP contribution in [0.4, 0.5) is 0 Å². The van der Waals surface area contributed by atoms with Crippen molar-refractivity contribution in [2.75, 3.05) is 19.8 Å². The lowest BCUT2D eigenvalue weighted by molar-refractivity contribution is -0.161. The predicted octanol–water partition coefficient (Wildman–Crippen LogP) is 13.0. The van der Waals surface area contributed by atoms with Gasteiger partial charge in [-0.2, -0.15) is 0 Å². The third-order valence-electron chi connectivity index (χ3n) is 10.6. The fraction of sp³-hybridized carbons (Fsp3) is 0.712. The molecule has 374 valence electrons. The third kappa shape index (κ3) is 45.8. The van der Waals surface area contributed by atoms with Crippen LogP contribution in [0.15, 0.2) is 72.9 Å². The smallest absolute Gasteiger partial charge is 0.472 e. The molecule has 5 N–H and O–H groups in total. The third-order valence-corrected chi connectivity index (χ3v) is 11.5. The molecule has 0 bridgehead atoms. The van der Waals surface area contributed by atoms with Crippen LogP contribution in [-0.2, 0) is 37.5 Å². The Bertz CT molecular complexity index is 1390. The molecule has 0 fully saturated rings. The monoisotopic (exact) mass is 936 g/mol. The van der Waals surface area contributed by atoms with Crippen molar-refractivity contribution in [2.45, 2.75) is 218 Å². The van der Waals surface area contributed by atoms with Crippen molar-refractivity contribution in [1.82, 2.24) is 0 Å². The zero-order valence-electron chi connectivity index (χ0n) is 40.4. The summed E-state index contributed by atoms with van der Waals surface area (Å²) in [7, 11) is -4.75. The highest BCUT2D eigenvalue weighted by molar-refractivity contribution is 7.47. The van der Waals surface area contributed by atoms with Crippen molar-refractivity contribution in [2.24, 2.45) is 5.73 Å². The SMILES string of the molecule is CC/C=C\CC(O)/C=C/C=C/C/C=C\C/C=C\C/C=C\CCC(=O)OC[C@H](COP(=O)(O)OC[C@H](N)C(=O)O)OC(=O)CCCCCCCCCCCCCCCCCCCCCCC. The number of unbranched alkanes of at least 4 members (excludes halogenated alkanes) is 20. The molecule has 0 spiro atoms. The van der Waals surface area contributed by atoms with Gasteiger partial charge < -0.3 is 30.3 Å². The van der Waals surface area contributed by atoms with Crippen LogP contribution in [0.25, 0.3) is 0 Å². The number of aliphatic carboxylic acids is 1. The number of hydrogen-bond acceptors (Lipinski definition) is 10. The molecule has 0 aliphatic heterocycles. The topological polar surface area (TPSA) is 192 Å². The van der Waals surface area contributed by atoms with Gasteiger partial charge in [0.2, 0.25) is 0 Å². The maximum absolute atomic E-state index is 12.7. The summed E-state index contributed by atoms with van der Waals surface area (Å²) in [5.74, 6) is -2.51. The number of phosphoric ester groups is 1. The van der Waals surface area contributed by atoms with Crippen LogP contribution < -0.4 is 5.73 Å². The van der Waals surface area contributed by atoms with Gasteiger partial charge in [-0.05, 0) is 44.9 Å². The molecule has 4 atom stereocenters. The van der Waals surface area contributed by atoms with Crippen LogP contribution in [-0.4, -0.2) is 71.1 Å². The van der Waals surface area contributed by atoms with E-state index in [9.17, 15) is 28.9 Å². The van der Waals surface area contributed by atoms with Crippen LogP contribution in [0, 0.1) is 0 Å². The zero-order valence-corrected chi connectivity index (χ0v) is 41.3. The molecule has 0 saturated heterocycles. The number of nitrogens with two attached hydrogens (primary N) is 1. The molecule has 0 heterocycles. The molecule has 0 aromatic rings. The molecule has 0 aliphatic rings. The summed E-state index contributed by atoms with van der Waals surface area (Å²) >= 11 is 0. The van der Waals surface area contributed by atoms with Crippen molar-refractivity contribution in [3.8, 4) is 0 Å². The number of esters is 2. The van der Waals surface area contributed by atoms with E-state index in [0.29, 0.717) is 25.7 Å². The maximum atomic E-state index is 12.7.